The molecule has 3 rings (SSSR count). The molecule has 0 aliphatic carbocycles. The molecule has 0 saturated heterocycles. The smallest absolute Gasteiger partial charge is 0.224 e. The lowest BCUT2D eigenvalue weighted by Gasteiger charge is -2.27. The summed E-state index contributed by atoms with van der Waals surface area (Å²) in [7, 11) is 0. The average Bonchev–Trinajstić information content (AvgIpc) is 3.21. The van der Waals surface area contributed by atoms with Gasteiger partial charge in [0.1, 0.15) is 0 Å². The molecule has 156 valence electrons. The zero-order valence-corrected chi connectivity index (χ0v) is 18.3. The Morgan fingerprint density at radius 1 is 1.28 bits per heavy atom. The maximum atomic E-state index is 12.6. The monoisotopic (exact) mass is 412 g/mol. The van der Waals surface area contributed by atoms with E-state index in [1.54, 1.807) is 11.3 Å². The SMILES string of the molecule is CCNC(=NCCC(=O)N1CCc2sccc2C1)NC(C)CCc1ccccc1. The molecule has 2 aromatic rings. The highest BCUT2D eigenvalue weighted by Crippen LogP contribution is 2.24. The van der Waals surface area contributed by atoms with Crippen LogP contribution >= 0.6 is 11.3 Å². The van der Waals surface area contributed by atoms with Crippen molar-refractivity contribution in [2.24, 2.45) is 4.99 Å². The van der Waals surface area contributed by atoms with Crippen molar-refractivity contribution < 1.29 is 4.79 Å². The van der Waals surface area contributed by atoms with Gasteiger partial charge in [0.25, 0.3) is 0 Å². The molecule has 1 atom stereocenters. The summed E-state index contributed by atoms with van der Waals surface area (Å²) in [5, 5.41) is 8.88. The highest BCUT2D eigenvalue weighted by molar-refractivity contribution is 7.10. The van der Waals surface area contributed by atoms with Crippen LogP contribution in [0.2, 0.25) is 0 Å². The van der Waals surface area contributed by atoms with E-state index in [4.69, 9.17) is 0 Å². The van der Waals surface area contributed by atoms with Crippen LogP contribution in [0.1, 0.15) is 42.7 Å². The lowest BCUT2D eigenvalue weighted by molar-refractivity contribution is -0.131. The maximum Gasteiger partial charge on any atom is 0.224 e. The van der Waals surface area contributed by atoms with Crippen LogP contribution in [0.3, 0.4) is 0 Å². The fourth-order valence-electron chi connectivity index (χ4n) is 3.54. The molecule has 1 aliphatic heterocycles. The fourth-order valence-corrected chi connectivity index (χ4v) is 4.43. The number of hydrogen-bond acceptors (Lipinski definition) is 3. The summed E-state index contributed by atoms with van der Waals surface area (Å²) in [6.07, 6.45) is 3.50. The molecule has 2 heterocycles. The van der Waals surface area contributed by atoms with Crippen molar-refractivity contribution in [3.05, 3.63) is 57.8 Å². The Hall–Kier alpha value is -2.34. The number of benzene rings is 1. The number of amides is 1. The summed E-state index contributed by atoms with van der Waals surface area (Å²) in [5.74, 6) is 0.984. The molecule has 29 heavy (non-hydrogen) atoms. The molecular weight excluding hydrogens is 380 g/mol. The molecule has 1 aromatic carbocycles. The second kappa shape index (κ2) is 11.0. The summed E-state index contributed by atoms with van der Waals surface area (Å²) in [4.78, 5) is 20.6. The minimum atomic E-state index is 0.193. The number of aryl methyl sites for hydroxylation is 1. The number of nitrogens with zero attached hydrogens (tertiary/aromatic N) is 2. The molecule has 0 bridgehead atoms. The number of carbonyl (C=O) groups excluding carboxylic acids is 1. The summed E-state index contributed by atoms with van der Waals surface area (Å²) in [5.41, 5.74) is 2.66. The predicted octanol–water partition coefficient (Wildman–Crippen LogP) is 3.60. The van der Waals surface area contributed by atoms with Gasteiger partial charge in [0.05, 0.1) is 6.54 Å². The molecule has 0 fully saturated rings. The van der Waals surface area contributed by atoms with Gasteiger partial charge in [-0.3, -0.25) is 9.79 Å². The largest absolute Gasteiger partial charge is 0.357 e. The lowest BCUT2D eigenvalue weighted by Crippen LogP contribution is -2.42. The zero-order valence-electron chi connectivity index (χ0n) is 17.5. The third-order valence-corrected chi connectivity index (χ3v) is 6.22. The summed E-state index contributed by atoms with van der Waals surface area (Å²) < 4.78 is 0. The number of nitrogens with one attached hydrogen (secondary N) is 2. The second-order valence-corrected chi connectivity index (χ2v) is 8.52. The Morgan fingerprint density at radius 2 is 2.10 bits per heavy atom. The Kier molecular flexibility index (Phi) is 8.11. The van der Waals surface area contributed by atoms with Crippen molar-refractivity contribution in [2.75, 3.05) is 19.6 Å². The third kappa shape index (κ3) is 6.60. The quantitative estimate of drug-likeness (QED) is 0.515. The van der Waals surface area contributed by atoms with Crippen molar-refractivity contribution in [2.45, 2.75) is 52.1 Å². The topological polar surface area (TPSA) is 56.7 Å². The van der Waals surface area contributed by atoms with Gasteiger partial charge in [0.15, 0.2) is 5.96 Å². The fraction of sp³-hybridized carbons (Fsp3) is 0.478. The summed E-state index contributed by atoms with van der Waals surface area (Å²) in [6.45, 7) is 7.11. The van der Waals surface area contributed by atoms with Crippen LogP contribution in [0.15, 0.2) is 46.8 Å². The van der Waals surface area contributed by atoms with E-state index in [0.717, 1.165) is 44.9 Å². The van der Waals surface area contributed by atoms with Crippen LogP contribution in [0, 0.1) is 0 Å². The molecule has 2 N–H and O–H groups in total. The van der Waals surface area contributed by atoms with Gasteiger partial charge >= 0.3 is 0 Å². The maximum absolute atomic E-state index is 12.6. The van der Waals surface area contributed by atoms with Gasteiger partial charge in [0.2, 0.25) is 5.91 Å². The number of thiophene rings is 1. The average molecular weight is 413 g/mol. The van der Waals surface area contributed by atoms with Crippen LogP contribution in [-0.2, 0) is 24.2 Å². The number of fused-ring (bicyclic) bond motifs is 1. The van der Waals surface area contributed by atoms with Gasteiger partial charge in [-0.2, -0.15) is 0 Å². The van der Waals surface area contributed by atoms with E-state index in [1.165, 1.54) is 16.0 Å². The molecule has 0 radical (unpaired) electrons. The molecule has 6 heteroatoms. The molecule has 1 aromatic heterocycles. The van der Waals surface area contributed by atoms with Gasteiger partial charge in [0, 0.05) is 37.0 Å². The molecular formula is C23H32N4OS. The van der Waals surface area contributed by atoms with E-state index < -0.39 is 0 Å². The van der Waals surface area contributed by atoms with E-state index in [9.17, 15) is 4.79 Å². The van der Waals surface area contributed by atoms with Crippen LogP contribution in [0.4, 0.5) is 0 Å². The van der Waals surface area contributed by atoms with Crippen LogP contribution < -0.4 is 10.6 Å². The van der Waals surface area contributed by atoms with Crippen molar-refractivity contribution in [3.8, 4) is 0 Å². The van der Waals surface area contributed by atoms with E-state index in [1.807, 2.05) is 11.0 Å². The van der Waals surface area contributed by atoms with Crippen LogP contribution in [0.25, 0.3) is 0 Å². The first kappa shape index (κ1) is 21.4. The van der Waals surface area contributed by atoms with Gasteiger partial charge in [-0.05, 0) is 55.7 Å². The van der Waals surface area contributed by atoms with E-state index >= 15 is 0 Å². The molecule has 1 unspecified atom stereocenters. The van der Waals surface area contributed by atoms with Crippen LogP contribution in [-0.4, -0.2) is 42.4 Å². The number of guanidine groups is 1. The first-order valence-electron chi connectivity index (χ1n) is 10.6. The second-order valence-electron chi connectivity index (χ2n) is 7.51. The Bertz CT molecular complexity index is 802. The van der Waals surface area contributed by atoms with Crippen molar-refractivity contribution >= 4 is 23.2 Å². The number of hydrogen-bond donors (Lipinski definition) is 2. The van der Waals surface area contributed by atoms with E-state index in [2.05, 4.69) is 65.2 Å². The first-order chi connectivity index (χ1) is 14.2. The van der Waals surface area contributed by atoms with Gasteiger partial charge in [-0.25, -0.2) is 0 Å². The number of aliphatic imine (C=N–C) groups is 1. The standard InChI is InChI=1S/C23H32N4OS/c1-3-24-23(26-18(2)9-10-19-7-5-4-6-8-19)25-14-11-22(28)27-15-12-21-20(17-27)13-16-29-21/h4-8,13,16,18H,3,9-12,14-15,17H2,1-2H3,(H2,24,25,26). The van der Waals surface area contributed by atoms with Gasteiger partial charge in [-0.15, -0.1) is 11.3 Å². The van der Waals surface area contributed by atoms with E-state index in [0.29, 0.717) is 19.0 Å². The minimum absolute atomic E-state index is 0.193. The summed E-state index contributed by atoms with van der Waals surface area (Å²) in [6, 6.07) is 13.0. The van der Waals surface area contributed by atoms with Crippen molar-refractivity contribution in [1.82, 2.24) is 15.5 Å². The molecule has 5 nitrogen and oxygen atoms in total. The minimum Gasteiger partial charge on any atom is -0.357 e. The van der Waals surface area contributed by atoms with Crippen molar-refractivity contribution in [3.63, 3.8) is 0 Å². The Labute approximate surface area is 178 Å². The molecule has 0 spiro atoms. The van der Waals surface area contributed by atoms with Crippen molar-refractivity contribution in [1.29, 1.82) is 0 Å². The van der Waals surface area contributed by atoms with Gasteiger partial charge in [-0.1, -0.05) is 30.3 Å². The highest BCUT2D eigenvalue weighted by atomic mass is 32.1. The molecule has 0 saturated carbocycles. The van der Waals surface area contributed by atoms with Gasteiger partial charge < -0.3 is 15.5 Å². The first-order valence-corrected chi connectivity index (χ1v) is 11.5. The lowest BCUT2D eigenvalue weighted by atomic mass is 10.1. The normalized spacial score (nSPS) is 15.0. The Balaban J connectivity index is 1.44. The number of carbonyl (C=O) groups is 1. The molecule has 1 amide bonds. The summed E-state index contributed by atoms with van der Waals surface area (Å²) >= 11 is 1.80. The highest BCUT2D eigenvalue weighted by Gasteiger charge is 2.20. The zero-order chi connectivity index (χ0) is 20.5. The van der Waals surface area contributed by atoms with E-state index in [-0.39, 0.29) is 5.91 Å². The third-order valence-electron chi connectivity index (χ3n) is 5.19. The molecule has 1 aliphatic rings. The number of rotatable bonds is 8. The Morgan fingerprint density at radius 3 is 2.90 bits per heavy atom. The van der Waals surface area contributed by atoms with Crippen LogP contribution in [0.5, 0.6) is 0 Å². The predicted molar refractivity (Wildman–Crippen MR) is 121 cm³/mol.